The van der Waals surface area contributed by atoms with E-state index < -0.39 is 11.8 Å². The summed E-state index contributed by atoms with van der Waals surface area (Å²) < 4.78 is 14.5. The fourth-order valence-electron chi connectivity index (χ4n) is 2.83. The van der Waals surface area contributed by atoms with Crippen molar-refractivity contribution in [3.63, 3.8) is 0 Å². The van der Waals surface area contributed by atoms with Crippen molar-refractivity contribution in [2.45, 2.75) is 13.3 Å². The summed E-state index contributed by atoms with van der Waals surface area (Å²) >= 11 is 0. The minimum absolute atomic E-state index is 0.0134. The molecule has 3 rings (SSSR count). The zero-order valence-electron chi connectivity index (χ0n) is 12.8. The van der Waals surface area contributed by atoms with Gasteiger partial charge in [-0.2, -0.15) is 0 Å². The van der Waals surface area contributed by atoms with Crippen LogP contribution in [0.15, 0.2) is 42.5 Å². The molecule has 0 atom stereocenters. The van der Waals surface area contributed by atoms with E-state index in [1.54, 1.807) is 13.0 Å². The third kappa shape index (κ3) is 2.62. The molecule has 24 heavy (non-hydrogen) atoms. The smallest absolute Gasteiger partial charge is 0.307 e. The van der Waals surface area contributed by atoms with E-state index >= 15 is 0 Å². The number of aliphatic carboxylic acids is 1. The molecule has 6 heteroatoms. The second kappa shape index (κ2) is 5.81. The van der Waals surface area contributed by atoms with E-state index in [2.05, 4.69) is 0 Å². The average molecular weight is 327 g/mol. The van der Waals surface area contributed by atoms with Crippen LogP contribution in [0.25, 0.3) is 10.9 Å². The van der Waals surface area contributed by atoms with E-state index in [1.807, 2.05) is 0 Å². The van der Waals surface area contributed by atoms with Gasteiger partial charge in [-0.15, -0.1) is 0 Å². The third-order valence-corrected chi connectivity index (χ3v) is 3.94. The van der Waals surface area contributed by atoms with Crippen LogP contribution in [-0.2, 0) is 11.2 Å². The Labute approximate surface area is 136 Å². The van der Waals surface area contributed by atoms with E-state index in [0.717, 1.165) is 0 Å². The molecule has 0 aliphatic carbocycles. The van der Waals surface area contributed by atoms with Gasteiger partial charge in [-0.05, 0) is 55.0 Å². The summed E-state index contributed by atoms with van der Waals surface area (Å²) in [6, 6.07) is 9.57. The van der Waals surface area contributed by atoms with Crippen molar-refractivity contribution in [1.82, 2.24) is 4.57 Å². The quantitative estimate of drug-likeness (QED) is 0.775. The number of halogens is 1. The van der Waals surface area contributed by atoms with Crippen LogP contribution < -0.4 is 0 Å². The maximum atomic E-state index is 13.1. The number of benzene rings is 2. The number of phenols is 1. The molecule has 122 valence electrons. The predicted molar refractivity (Wildman–Crippen MR) is 85.8 cm³/mol. The first-order valence-corrected chi connectivity index (χ1v) is 7.23. The van der Waals surface area contributed by atoms with E-state index in [-0.39, 0.29) is 23.6 Å². The summed E-state index contributed by atoms with van der Waals surface area (Å²) in [5.41, 5.74) is 1.72. The highest BCUT2D eigenvalue weighted by Gasteiger charge is 2.21. The van der Waals surface area contributed by atoms with Gasteiger partial charge >= 0.3 is 5.97 Å². The van der Waals surface area contributed by atoms with Gasteiger partial charge in [0.15, 0.2) is 0 Å². The minimum Gasteiger partial charge on any atom is -0.508 e. The number of carbonyl (C=O) groups excluding carboxylic acids is 1. The third-order valence-electron chi connectivity index (χ3n) is 3.94. The molecule has 0 fully saturated rings. The molecule has 0 aliphatic heterocycles. The first-order valence-electron chi connectivity index (χ1n) is 7.23. The number of carboxylic acid groups (broad SMARTS) is 1. The van der Waals surface area contributed by atoms with Crippen molar-refractivity contribution in [1.29, 1.82) is 0 Å². The monoisotopic (exact) mass is 327 g/mol. The first kappa shape index (κ1) is 15.7. The second-order valence-corrected chi connectivity index (χ2v) is 5.48. The van der Waals surface area contributed by atoms with Crippen molar-refractivity contribution < 1.29 is 24.2 Å². The second-order valence-electron chi connectivity index (χ2n) is 5.48. The van der Waals surface area contributed by atoms with Crippen molar-refractivity contribution in [2.75, 3.05) is 0 Å². The van der Waals surface area contributed by atoms with Crippen LogP contribution in [-0.4, -0.2) is 26.7 Å². The van der Waals surface area contributed by atoms with Crippen molar-refractivity contribution >= 4 is 22.8 Å². The van der Waals surface area contributed by atoms with Gasteiger partial charge in [0.1, 0.15) is 11.6 Å². The summed E-state index contributed by atoms with van der Waals surface area (Å²) in [7, 11) is 0. The average Bonchev–Trinajstić information content (AvgIpc) is 2.79. The van der Waals surface area contributed by atoms with Crippen LogP contribution in [0.4, 0.5) is 4.39 Å². The Balaban J connectivity index is 2.24. The summed E-state index contributed by atoms with van der Waals surface area (Å²) in [5, 5.41) is 19.3. The Bertz CT molecular complexity index is 957. The van der Waals surface area contributed by atoms with Crippen LogP contribution in [0.1, 0.15) is 21.6 Å². The highest BCUT2D eigenvalue weighted by atomic mass is 19.1. The molecule has 0 unspecified atom stereocenters. The Morgan fingerprint density at radius 3 is 2.42 bits per heavy atom. The van der Waals surface area contributed by atoms with Crippen LogP contribution >= 0.6 is 0 Å². The fraction of sp³-hybridized carbons (Fsp3) is 0.111. The number of rotatable bonds is 3. The molecule has 0 amide bonds. The lowest BCUT2D eigenvalue weighted by atomic mass is 10.1. The molecule has 0 saturated carbocycles. The number of carboxylic acids is 1. The highest BCUT2D eigenvalue weighted by molar-refractivity contribution is 6.04. The van der Waals surface area contributed by atoms with Gasteiger partial charge < -0.3 is 10.2 Å². The van der Waals surface area contributed by atoms with Crippen LogP contribution in [0.3, 0.4) is 0 Å². The van der Waals surface area contributed by atoms with Gasteiger partial charge in [0, 0.05) is 16.6 Å². The molecule has 0 radical (unpaired) electrons. The molecule has 2 aromatic carbocycles. The van der Waals surface area contributed by atoms with Crippen LogP contribution in [0.5, 0.6) is 5.75 Å². The highest BCUT2D eigenvalue weighted by Crippen LogP contribution is 2.30. The van der Waals surface area contributed by atoms with E-state index in [9.17, 15) is 19.1 Å². The van der Waals surface area contributed by atoms with E-state index in [0.29, 0.717) is 22.2 Å². The zero-order chi connectivity index (χ0) is 17.4. The number of nitrogens with zero attached hydrogens (tertiary/aromatic N) is 1. The van der Waals surface area contributed by atoms with Gasteiger partial charge in [0.25, 0.3) is 5.91 Å². The van der Waals surface area contributed by atoms with Gasteiger partial charge in [-0.25, -0.2) is 4.39 Å². The number of aromatic nitrogens is 1. The van der Waals surface area contributed by atoms with Crippen molar-refractivity contribution in [3.8, 4) is 5.75 Å². The summed E-state index contributed by atoms with van der Waals surface area (Å²) in [4.78, 5) is 23.9. The normalized spacial score (nSPS) is 10.9. The predicted octanol–water partition coefficient (Wildman–Crippen LogP) is 3.11. The molecule has 0 aliphatic rings. The lowest BCUT2D eigenvalue weighted by molar-refractivity contribution is -0.136. The number of hydrogen-bond acceptors (Lipinski definition) is 3. The SMILES string of the molecule is Cc1c(CC(=O)O)c2cc(O)ccc2n1C(=O)c1ccc(F)cc1. The van der Waals surface area contributed by atoms with Crippen LogP contribution in [0.2, 0.25) is 0 Å². The van der Waals surface area contributed by atoms with E-state index in [1.165, 1.54) is 41.0 Å². The number of carbonyl (C=O) groups is 2. The number of phenolic OH excluding ortho intramolecular Hbond substituents is 1. The summed E-state index contributed by atoms with van der Waals surface area (Å²) in [5.74, 6) is -1.88. The van der Waals surface area contributed by atoms with Gasteiger partial charge in [0.2, 0.25) is 0 Å². The first-order chi connectivity index (χ1) is 11.4. The lowest BCUT2D eigenvalue weighted by Crippen LogP contribution is -2.14. The van der Waals surface area contributed by atoms with Gasteiger partial charge in [-0.1, -0.05) is 0 Å². The topological polar surface area (TPSA) is 79.5 Å². The van der Waals surface area contributed by atoms with Crippen molar-refractivity contribution in [2.24, 2.45) is 0 Å². The summed E-state index contributed by atoms with van der Waals surface area (Å²) in [6.45, 7) is 1.65. The molecule has 0 bridgehead atoms. The largest absolute Gasteiger partial charge is 0.508 e. The summed E-state index contributed by atoms with van der Waals surface area (Å²) in [6.07, 6.45) is -0.268. The Hall–Kier alpha value is -3.15. The standard InChI is InChI=1S/C18H14FNO4/c1-10-14(9-17(22)23)15-8-13(21)6-7-16(15)20(10)18(24)11-2-4-12(19)5-3-11/h2-8,21H,9H2,1H3,(H,22,23). The van der Waals surface area contributed by atoms with Crippen molar-refractivity contribution in [3.05, 3.63) is 65.1 Å². The number of fused-ring (bicyclic) bond motifs is 1. The zero-order valence-corrected chi connectivity index (χ0v) is 12.8. The van der Waals surface area contributed by atoms with Gasteiger partial charge in [-0.3, -0.25) is 14.2 Å². The van der Waals surface area contributed by atoms with Gasteiger partial charge in [0.05, 0.1) is 11.9 Å². The molecule has 2 N–H and O–H groups in total. The molecule has 3 aromatic rings. The Morgan fingerprint density at radius 2 is 1.79 bits per heavy atom. The Kier molecular flexibility index (Phi) is 3.81. The maximum absolute atomic E-state index is 13.1. The molecular formula is C18H14FNO4. The molecular weight excluding hydrogens is 313 g/mol. The molecule has 0 saturated heterocycles. The minimum atomic E-state index is -1.03. The Morgan fingerprint density at radius 1 is 1.12 bits per heavy atom. The molecule has 5 nitrogen and oxygen atoms in total. The molecule has 0 spiro atoms. The fourth-order valence-corrected chi connectivity index (χ4v) is 2.83. The lowest BCUT2D eigenvalue weighted by Gasteiger charge is -2.07. The molecule has 1 aromatic heterocycles. The number of aromatic hydroxyl groups is 1. The van der Waals surface area contributed by atoms with E-state index in [4.69, 9.17) is 5.11 Å². The molecule has 1 heterocycles. The maximum Gasteiger partial charge on any atom is 0.307 e. The van der Waals surface area contributed by atoms with Crippen LogP contribution in [0, 0.1) is 12.7 Å². The number of hydrogen-bond donors (Lipinski definition) is 2.